The normalized spacial score (nSPS) is 17.3. The molecule has 1 aliphatic rings. The molecule has 0 heterocycles. The van der Waals surface area contributed by atoms with Gasteiger partial charge in [-0.25, -0.2) is 4.39 Å². The highest BCUT2D eigenvalue weighted by Crippen LogP contribution is 2.50. The Kier molecular flexibility index (Phi) is 5.41. The molecular weight excluding hydrogens is 317 g/mol. The van der Waals surface area contributed by atoms with Gasteiger partial charge in [0.1, 0.15) is 16.7 Å². The van der Waals surface area contributed by atoms with E-state index in [0.29, 0.717) is 23.4 Å². The molecule has 1 aliphatic carbocycles. The van der Waals surface area contributed by atoms with E-state index < -0.39 is 17.1 Å². The molecule has 0 unspecified atom stereocenters. The molecule has 2 rings (SSSR count). The maximum Gasteiger partial charge on any atom is 0.258 e. The first-order chi connectivity index (χ1) is 11.0. The standard InChI is InChI=1S/C15H18FN5OS/c16-11-4-2-1-3-10(11)15(6-7-15)14(22)21-12(18)5-8-20-13(9-17)23-19/h1-5,8-9,20H,6-7,17,19H2,(H2,18,21,22)/b8-5-,13-9-. The minimum absolute atomic E-state index is 0.0171. The van der Waals surface area contributed by atoms with E-state index in [9.17, 15) is 9.18 Å². The van der Waals surface area contributed by atoms with Crippen LogP contribution in [0.2, 0.25) is 0 Å². The van der Waals surface area contributed by atoms with Gasteiger partial charge in [-0.05, 0) is 36.9 Å². The van der Waals surface area contributed by atoms with Crippen LogP contribution >= 0.6 is 11.9 Å². The Balaban J connectivity index is 2.09. The van der Waals surface area contributed by atoms with Crippen LogP contribution in [-0.4, -0.2) is 11.7 Å². The third-order valence-corrected chi connectivity index (χ3v) is 4.05. The van der Waals surface area contributed by atoms with Crippen LogP contribution in [0.1, 0.15) is 18.4 Å². The van der Waals surface area contributed by atoms with Crippen molar-refractivity contribution in [1.29, 1.82) is 0 Å². The number of amidine groups is 1. The van der Waals surface area contributed by atoms with Gasteiger partial charge in [0.25, 0.3) is 5.91 Å². The molecule has 1 saturated carbocycles. The summed E-state index contributed by atoms with van der Waals surface area (Å²) in [6.07, 6.45) is 5.30. The van der Waals surface area contributed by atoms with Crippen molar-refractivity contribution < 1.29 is 9.18 Å². The highest BCUT2D eigenvalue weighted by molar-refractivity contribution is 8.00. The number of halogens is 1. The van der Waals surface area contributed by atoms with Crippen molar-refractivity contribution in [2.24, 2.45) is 21.6 Å². The van der Waals surface area contributed by atoms with Crippen LogP contribution in [0.3, 0.4) is 0 Å². The zero-order chi connectivity index (χ0) is 16.9. The second kappa shape index (κ2) is 7.30. The van der Waals surface area contributed by atoms with Crippen molar-refractivity contribution in [2.45, 2.75) is 18.3 Å². The lowest BCUT2D eigenvalue weighted by atomic mass is 9.94. The van der Waals surface area contributed by atoms with Crippen molar-refractivity contribution in [2.75, 3.05) is 0 Å². The molecule has 6 nitrogen and oxygen atoms in total. The molecule has 23 heavy (non-hydrogen) atoms. The van der Waals surface area contributed by atoms with E-state index >= 15 is 0 Å². The summed E-state index contributed by atoms with van der Waals surface area (Å²) in [6.45, 7) is 0. The van der Waals surface area contributed by atoms with Gasteiger partial charge in [-0.1, -0.05) is 18.2 Å². The van der Waals surface area contributed by atoms with Crippen molar-refractivity contribution in [3.63, 3.8) is 0 Å². The third kappa shape index (κ3) is 3.91. The molecule has 0 aliphatic heterocycles. The SMILES string of the molecule is N/C=C(/N/C=C\C(N)=NC(=O)C1(c2ccccc2F)CC1)SN. The number of benzene rings is 1. The van der Waals surface area contributed by atoms with Gasteiger partial charge < -0.3 is 16.8 Å². The number of hydrogen-bond donors (Lipinski definition) is 4. The molecule has 122 valence electrons. The first-order valence-corrected chi connectivity index (χ1v) is 7.77. The van der Waals surface area contributed by atoms with E-state index in [-0.39, 0.29) is 5.84 Å². The Morgan fingerprint density at radius 2 is 2.09 bits per heavy atom. The van der Waals surface area contributed by atoms with Gasteiger partial charge in [-0.15, -0.1) is 0 Å². The number of carbonyl (C=O) groups is 1. The fraction of sp³-hybridized carbons (Fsp3) is 0.200. The second-order valence-corrected chi connectivity index (χ2v) is 5.71. The Labute approximate surface area is 137 Å². The number of hydrogen-bond acceptors (Lipinski definition) is 5. The molecule has 1 fully saturated rings. The van der Waals surface area contributed by atoms with Gasteiger partial charge in [0, 0.05) is 18.0 Å². The summed E-state index contributed by atoms with van der Waals surface area (Å²) in [5, 5.41) is 8.64. The van der Waals surface area contributed by atoms with Gasteiger partial charge >= 0.3 is 0 Å². The molecule has 0 bridgehead atoms. The lowest BCUT2D eigenvalue weighted by Crippen LogP contribution is -2.23. The number of rotatable bonds is 6. The molecular formula is C15H18FN5OS. The molecule has 1 aromatic rings. The summed E-state index contributed by atoms with van der Waals surface area (Å²) in [4.78, 5) is 16.2. The lowest BCUT2D eigenvalue weighted by molar-refractivity contribution is -0.120. The molecule has 7 N–H and O–H groups in total. The van der Waals surface area contributed by atoms with Crippen molar-refractivity contribution in [3.05, 3.63) is 59.2 Å². The number of nitrogens with one attached hydrogen (secondary N) is 1. The van der Waals surface area contributed by atoms with E-state index in [1.165, 1.54) is 24.5 Å². The Bertz CT molecular complexity index is 682. The summed E-state index contributed by atoms with van der Waals surface area (Å²) in [5.74, 6) is -0.821. The molecule has 0 spiro atoms. The van der Waals surface area contributed by atoms with Crippen LogP contribution in [-0.2, 0) is 10.2 Å². The largest absolute Gasteiger partial charge is 0.402 e. The van der Waals surface area contributed by atoms with Crippen LogP contribution in [0.25, 0.3) is 0 Å². The number of nitrogens with zero attached hydrogens (tertiary/aromatic N) is 1. The van der Waals surface area contributed by atoms with Crippen LogP contribution in [0.4, 0.5) is 4.39 Å². The Morgan fingerprint density at radius 1 is 1.39 bits per heavy atom. The lowest BCUT2D eigenvalue weighted by Gasteiger charge is -2.12. The average Bonchev–Trinajstić information content (AvgIpc) is 3.33. The van der Waals surface area contributed by atoms with Crippen molar-refractivity contribution >= 4 is 23.7 Å². The van der Waals surface area contributed by atoms with Crippen LogP contribution in [0.5, 0.6) is 0 Å². The number of amides is 1. The minimum Gasteiger partial charge on any atom is -0.402 e. The average molecular weight is 335 g/mol. The fourth-order valence-electron chi connectivity index (χ4n) is 2.16. The summed E-state index contributed by atoms with van der Waals surface area (Å²) >= 11 is 0.933. The van der Waals surface area contributed by atoms with Crippen LogP contribution in [0.15, 0.2) is 52.8 Å². The van der Waals surface area contributed by atoms with Crippen molar-refractivity contribution in [3.8, 4) is 0 Å². The Hall–Kier alpha value is -2.32. The molecule has 1 aromatic carbocycles. The number of nitrogens with two attached hydrogens (primary N) is 3. The fourth-order valence-corrected chi connectivity index (χ4v) is 2.38. The van der Waals surface area contributed by atoms with E-state index in [1.807, 2.05) is 0 Å². The summed E-state index contributed by atoms with van der Waals surface area (Å²) in [7, 11) is 0. The molecule has 1 amide bonds. The molecule has 0 radical (unpaired) electrons. The molecule has 0 atom stereocenters. The van der Waals surface area contributed by atoms with Crippen molar-refractivity contribution in [1.82, 2.24) is 5.32 Å². The molecule has 0 saturated heterocycles. The highest BCUT2D eigenvalue weighted by atomic mass is 32.2. The van der Waals surface area contributed by atoms with Gasteiger partial charge in [0.05, 0.1) is 5.41 Å². The zero-order valence-electron chi connectivity index (χ0n) is 12.3. The smallest absolute Gasteiger partial charge is 0.258 e. The first kappa shape index (κ1) is 17.0. The number of carbonyl (C=O) groups excluding carboxylic acids is 1. The quantitative estimate of drug-likeness (QED) is 0.352. The molecule has 0 aromatic heterocycles. The van der Waals surface area contributed by atoms with Gasteiger partial charge in [0.2, 0.25) is 0 Å². The van der Waals surface area contributed by atoms with E-state index in [0.717, 1.165) is 11.9 Å². The number of aliphatic imine (C=N–C) groups is 1. The van der Waals surface area contributed by atoms with Gasteiger partial charge in [0.15, 0.2) is 0 Å². The minimum atomic E-state index is -0.882. The van der Waals surface area contributed by atoms with E-state index in [2.05, 4.69) is 10.3 Å². The van der Waals surface area contributed by atoms with Gasteiger partial charge in [-0.2, -0.15) is 4.99 Å². The van der Waals surface area contributed by atoms with Gasteiger partial charge in [-0.3, -0.25) is 9.93 Å². The van der Waals surface area contributed by atoms with E-state index in [1.54, 1.807) is 18.2 Å². The monoisotopic (exact) mass is 335 g/mol. The predicted octanol–water partition coefficient (Wildman–Crippen LogP) is 1.21. The maximum atomic E-state index is 13.9. The predicted molar refractivity (Wildman–Crippen MR) is 90.3 cm³/mol. The topological polar surface area (TPSA) is 120 Å². The maximum absolute atomic E-state index is 13.9. The summed E-state index contributed by atoms with van der Waals surface area (Å²) < 4.78 is 13.9. The highest BCUT2D eigenvalue weighted by Gasteiger charge is 2.52. The zero-order valence-corrected chi connectivity index (χ0v) is 13.1. The third-order valence-electron chi connectivity index (χ3n) is 3.54. The van der Waals surface area contributed by atoms with E-state index in [4.69, 9.17) is 16.6 Å². The Morgan fingerprint density at radius 3 is 2.65 bits per heavy atom. The first-order valence-electron chi connectivity index (χ1n) is 6.89. The van der Waals surface area contributed by atoms with Crippen LogP contribution in [0, 0.1) is 5.82 Å². The second-order valence-electron chi connectivity index (χ2n) is 5.03. The van der Waals surface area contributed by atoms with Crippen LogP contribution < -0.4 is 21.9 Å². The molecule has 8 heteroatoms. The summed E-state index contributed by atoms with van der Waals surface area (Å²) in [5.41, 5.74) is 10.5. The summed E-state index contributed by atoms with van der Waals surface area (Å²) in [6, 6.07) is 6.24.